The van der Waals surface area contributed by atoms with Crippen molar-refractivity contribution in [1.82, 2.24) is 0 Å². The molecule has 0 fully saturated rings. The van der Waals surface area contributed by atoms with Gasteiger partial charge in [-0.2, -0.15) is 5.26 Å². The van der Waals surface area contributed by atoms with Gasteiger partial charge in [0.15, 0.2) is 0 Å². The van der Waals surface area contributed by atoms with Crippen molar-refractivity contribution >= 4 is 17.7 Å². The summed E-state index contributed by atoms with van der Waals surface area (Å²) >= 11 is 1.35. The smallest absolute Gasteiger partial charge is 0.304 e. The van der Waals surface area contributed by atoms with Gasteiger partial charge < -0.3 is 9.84 Å². The highest BCUT2D eigenvalue weighted by atomic mass is 32.2. The zero-order valence-corrected chi connectivity index (χ0v) is 9.58. The van der Waals surface area contributed by atoms with E-state index in [0.717, 1.165) is 4.90 Å². The molecule has 0 aromatic heterocycles. The Morgan fingerprint density at radius 1 is 1.62 bits per heavy atom. The minimum atomic E-state index is -0.839. The molecule has 0 spiro atoms. The highest BCUT2D eigenvalue weighted by Gasteiger charge is 2.06. The van der Waals surface area contributed by atoms with Crippen molar-refractivity contribution in [1.29, 1.82) is 5.26 Å². The van der Waals surface area contributed by atoms with Gasteiger partial charge in [-0.15, -0.1) is 11.8 Å². The van der Waals surface area contributed by atoms with Gasteiger partial charge in [0.2, 0.25) is 0 Å². The molecule has 5 heteroatoms. The highest BCUT2D eigenvalue weighted by Crippen LogP contribution is 2.27. The van der Waals surface area contributed by atoms with Gasteiger partial charge in [0.25, 0.3) is 0 Å². The molecule has 4 nitrogen and oxygen atoms in total. The van der Waals surface area contributed by atoms with Crippen LogP contribution < -0.4 is 4.74 Å². The number of hydrogen-bond donors (Lipinski definition) is 1. The molecular formula is C11H11NO3S. The summed E-state index contributed by atoms with van der Waals surface area (Å²) in [6.07, 6.45) is 0.0761. The molecule has 0 unspecified atom stereocenters. The number of ether oxygens (including phenoxy) is 1. The van der Waals surface area contributed by atoms with Crippen molar-refractivity contribution in [3.8, 4) is 11.8 Å². The van der Waals surface area contributed by atoms with Crippen molar-refractivity contribution in [2.45, 2.75) is 11.3 Å². The minimum absolute atomic E-state index is 0.0761. The van der Waals surface area contributed by atoms with Gasteiger partial charge in [0.1, 0.15) is 11.8 Å². The van der Waals surface area contributed by atoms with Gasteiger partial charge in [-0.3, -0.25) is 4.79 Å². The Bertz CT molecular complexity index is 426. The normalized spacial score (nSPS) is 9.50. The number of hydrogen-bond acceptors (Lipinski definition) is 4. The SMILES string of the molecule is COc1ccc(C#N)c(SCCC(=O)O)c1. The largest absolute Gasteiger partial charge is 0.497 e. The van der Waals surface area contributed by atoms with Crippen molar-refractivity contribution in [2.75, 3.05) is 12.9 Å². The minimum Gasteiger partial charge on any atom is -0.497 e. The maximum absolute atomic E-state index is 10.4. The third-order valence-corrected chi connectivity index (χ3v) is 2.94. The number of carbonyl (C=O) groups is 1. The van der Waals surface area contributed by atoms with E-state index in [-0.39, 0.29) is 6.42 Å². The molecule has 0 saturated carbocycles. The zero-order chi connectivity index (χ0) is 12.0. The lowest BCUT2D eigenvalue weighted by Gasteiger charge is -2.05. The van der Waals surface area contributed by atoms with E-state index in [1.165, 1.54) is 11.8 Å². The number of aliphatic carboxylic acids is 1. The molecule has 0 aliphatic heterocycles. The van der Waals surface area contributed by atoms with Crippen LogP contribution in [-0.2, 0) is 4.79 Å². The molecule has 1 aromatic carbocycles. The van der Waals surface area contributed by atoms with Crippen LogP contribution in [0.2, 0.25) is 0 Å². The number of benzene rings is 1. The summed E-state index contributed by atoms with van der Waals surface area (Å²) in [6.45, 7) is 0. The number of carboxylic acid groups (broad SMARTS) is 1. The second kappa shape index (κ2) is 6.03. The summed E-state index contributed by atoms with van der Waals surface area (Å²) in [7, 11) is 1.55. The molecule has 0 aliphatic rings. The number of carboxylic acids is 1. The molecule has 0 radical (unpaired) electrons. The van der Waals surface area contributed by atoms with Crippen molar-refractivity contribution in [2.24, 2.45) is 0 Å². The highest BCUT2D eigenvalue weighted by molar-refractivity contribution is 7.99. The van der Waals surface area contributed by atoms with E-state index in [2.05, 4.69) is 6.07 Å². The Morgan fingerprint density at radius 3 is 2.94 bits per heavy atom. The standard InChI is InChI=1S/C11H11NO3S/c1-15-9-3-2-8(7-12)10(6-9)16-5-4-11(13)14/h2-3,6H,4-5H2,1H3,(H,13,14). The van der Waals surface area contributed by atoms with Gasteiger partial charge in [-0.1, -0.05) is 0 Å². The summed E-state index contributed by atoms with van der Waals surface area (Å²) in [5, 5.41) is 17.4. The number of nitriles is 1. The molecule has 1 aromatic rings. The Labute approximate surface area is 97.8 Å². The zero-order valence-electron chi connectivity index (χ0n) is 8.77. The second-order valence-corrected chi connectivity index (χ2v) is 4.10. The molecule has 0 atom stereocenters. The number of rotatable bonds is 5. The second-order valence-electron chi connectivity index (χ2n) is 2.97. The molecule has 0 saturated heterocycles. The molecule has 1 N–H and O–H groups in total. The van der Waals surface area contributed by atoms with Crippen LogP contribution in [0.1, 0.15) is 12.0 Å². The lowest BCUT2D eigenvalue weighted by Crippen LogP contribution is -1.96. The Balaban J connectivity index is 2.76. The van der Waals surface area contributed by atoms with Crippen LogP contribution in [0, 0.1) is 11.3 Å². The fourth-order valence-corrected chi connectivity index (χ4v) is 2.05. The van der Waals surface area contributed by atoms with Crippen LogP contribution in [0.4, 0.5) is 0 Å². The monoisotopic (exact) mass is 237 g/mol. The summed E-state index contributed by atoms with van der Waals surface area (Å²) in [4.78, 5) is 11.1. The average molecular weight is 237 g/mol. The van der Waals surface area contributed by atoms with Crippen LogP contribution >= 0.6 is 11.8 Å². The van der Waals surface area contributed by atoms with Crippen molar-refractivity contribution < 1.29 is 14.6 Å². The first-order valence-corrected chi connectivity index (χ1v) is 5.58. The summed E-state index contributed by atoms with van der Waals surface area (Å²) in [5.74, 6) is 0.266. The maximum Gasteiger partial charge on any atom is 0.304 e. The Kier molecular flexibility index (Phi) is 4.67. The molecule has 84 valence electrons. The van der Waals surface area contributed by atoms with Gasteiger partial charge in [0.05, 0.1) is 19.1 Å². The first kappa shape index (κ1) is 12.4. The van der Waals surface area contributed by atoms with Crippen LogP contribution in [0.15, 0.2) is 23.1 Å². The van der Waals surface area contributed by atoms with E-state index in [0.29, 0.717) is 17.1 Å². The molecule has 0 aliphatic carbocycles. The predicted molar refractivity (Wildman–Crippen MR) is 60.7 cm³/mol. The Morgan fingerprint density at radius 2 is 2.38 bits per heavy atom. The van der Waals surface area contributed by atoms with Crippen molar-refractivity contribution in [3.05, 3.63) is 23.8 Å². The fraction of sp³-hybridized carbons (Fsp3) is 0.273. The Hall–Kier alpha value is -1.67. The molecule has 0 heterocycles. The van der Waals surface area contributed by atoms with Gasteiger partial charge >= 0.3 is 5.97 Å². The fourth-order valence-electron chi connectivity index (χ4n) is 1.09. The summed E-state index contributed by atoms with van der Waals surface area (Å²) in [5.41, 5.74) is 0.538. The summed E-state index contributed by atoms with van der Waals surface area (Å²) in [6, 6.07) is 7.18. The van der Waals surface area contributed by atoms with E-state index in [4.69, 9.17) is 15.1 Å². The molecule has 0 amide bonds. The topological polar surface area (TPSA) is 70.3 Å². The predicted octanol–water partition coefficient (Wildman–Crippen LogP) is 2.13. The third-order valence-electron chi connectivity index (χ3n) is 1.88. The van der Waals surface area contributed by atoms with Gasteiger partial charge in [-0.05, 0) is 18.2 Å². The van der Waals surface area contributed by atoms with E-state index in [1.807, 2.05) is 0 Å². The first-order chi connectivity index (χ1) is 7.67. The molecular weight excluding hydrogens is 226 g/mol. The van der Waals surface area contributed by atoms with Crippen LogP contribution in [-0.4, -0.2) is 23.9 Å². The number of methoxy groups -OCH3 is 1. The average Bonchev–Trinajstić information content (AvgIpc) is 2.28. The quantitative estimate of drug-likeness (QED) is 0.794. The molecule has 1 rings (SSSR count). The summed E-state index contributed by atoms with van der Waals surface area (Å²) < 4.78 is 5.04. The third kappa shape index (κ3) is 3.48. The lowest BCUT2D eigenvalue weighted by molar-refractivity contribution is -0.136. The van der Waals surface area contributed by atoms with Crippen LogP contribution in [0.3, 0.4) is 0 Å². The number of thioether (sulfide) groups is 1. The van der Waals surface area contributed by atoms with Crippen molar-refractivity contribution in [3.63, 3.8) is 0 Å². The van der Waals surface area contributed by atoms with E-state index in [9.17, 15) is 4.79 Å². The van der Waals surface area contributed by atoms with E-state index in [1.54, 1.807) is 25.3 Å². The molecule has 16 heavy (non-hydrogen) atoms. The number of nitrogens with zero attached hydrogens (tertiary/aromatic N) is 1. The van der Waals surface area contributed by atoms with E-state index >= 15 is 0 Å². The van der Waals surface area contributed by atoms with Crippen LogP contribution in [0.5, 0.6) is 5.75 Å². The van der Waals surface area contributed by atoms with Crippen LogP contribution in [0.25, 0.3) is 0 Å². The van der Waals surface area contributed by atoms with Gasteiger partial charge in [0, 0.05) is 10.6 Å². The van der Waals surface area contributed by atoms with E-state index < -0.39 is 5.97 Å². The maximum atomic E-state index is 10.4. The van der Waals surface area contributed by atoms with Gasteiger partial charge in [-0.25, -0.2) is 0 Å². The lowest BCUT2D eigenvalue weighted by atomic mass is 10.2. The first-order valence-electron chi connectivity index (χ1n) is 4.60. The molecule has 0 bridgehead atoms.